The first-order valence-electron chi connectivity index (χ1n) is 32.0. The fourth-order valence-electron chi connectivity index (χ4n) is 10.1. The van der Waals surface area contributed by atoms with Crippen LogP contribution in [-0.4, -0.2) is 228 Å². The highest BCUT2D eigenvalue weighted by atomic mass is 16.4. The van der Waals surface area contributed by atoms with Crippen LogP contribution in [0.4, 0.5) is 0 Å². The van der Waals surface area contributed by atoms with E-state index in [0.717, 1.165) is 13.8 Å². The normalized spacial score (nSPS) is 17.4. The molecule has 35 nitrogen and oxygen atoms in total. The van der Waals surface area contributed by atoms with Crippen LogP contribution in [0.5, 0.6) is 0 Å². The van der Waals surface area contributed by atoms with E-state index < -0.39 is 174 Å². The number of hydrogen-bond acceptors (Lipinski definition) is 19. The first kappa shape index (κ1) is 82.5. The number of aliphatic imine (C=N–C) groups is 1. The predicted octanol–water partition coefficient (Wildman–Crippen LogP) is -4.92. The number of aliphatic carboxylic acids is 2. The van der Waals surface area contributed by atoms with Crippen molar-refractivity contribution in [1.82, 2.24) is 68.0 Å². The minimum atomic E-state index is -1.91. The summed E-state index contributed by atoms with van der Waals surface area (Å²) in [5.74, 6) is -14.3. The van der Waals surface area contributed by atoms with E-state index >= 15 is 0 Å². The smallest absolute Gasteiger partial charge is 0.326 e. The van der Waals surface area contributed by atoms with Crippen LogP contribution in [0.2, 0.25) is 0 Å². The van der Waals surface area contributed by atoms with Gasteiger partial charge in [0.15, 0.2) is 5.96 Å². The molecule has 0 bridgehead atoms. The number of nitrogens with one attached hydrogen (secondary N) is 11. The number of aliphatic hydroxyl groups is 3. The first-order valence-corrected chi connectivity index (χ1v) is 32.0. The van der Waals surface area contributed by atoms with E-state index in [0.29, 0.717) is 18.5 Å². The van der Waals surface area contributed by atoms with Gasteiger partial charge in [-0.1, -0.05) is 61.8 Å². The number of rotatable bonds is 42. The standard InChI is InChI=1S/C60H103N17O18/c1-12-31(8)45(74-54(89)43-16-14-20-77(43)58(93)36(61)17-18-44(81)82)55(90)71-40(24-35-25-64-27-66-35)51(86)68-37(15-13-19-65-60(62)63)49(84)73-42(26-78)53(88)76-47(34(11)80)57(92)70-39(22-29(4)5)52(87)75-46(33(10)79)56(91)67-32(9)48(83)69-38(21-28(2)3)50(85)72-41(59(94)95)23-30(6)7/h25,27-34,36-43,45-47,78-80H,12-24,26,61H2,1-11H3,(H,64,66)(H,67,91)(H,68,86)(H,69,83)(H,70,92)(H,71,90)(H,72,85)(H,73,84)(H,74,89)(H,75,87)(H,76,88)(H,81,82)(H,94,95)(H4,62,63,65)/t31-,32-,33+,34+,36-,37-,38-,39-,40-,41-,42-,43-,45-,46-,47-/m0/s1. The number of nitrogens with two attached hydrogens (primary N) is 3. The molecule has 2 heterocycles. The monoisotopic (exact) mass is 1350 g/mol. The van der Waals surface area contributed by atoms with Gasteiger partial charge in [-0.15, -0.1) is 0 Å². The van der Waals surface area contributed by atoms with Gasteiger partial charge in [0.25, 0.3) is 0 Å². The van der Waals surface area contributed by atoms with Crippen LogP contribution < -0.4 is 70.4 Å². The van der Waals surface area contributed by atoms with Crippen LogP contribution in [0.25, 0.3) is 0 Å². The zero-order valence-corrected chi connectivity index (χ0v) is 56.1. The number of carbonyl (C=O) groups excluding carboxylic acids is 11. The Morgan fingerprint density at radius 1 is 0.600 bits per heavy atom. The van der Waals surface area contributed by atoms with E-state index in [2.05, 4.69) is 68.1 Å². The number of likely N-dealkylation sites (tertiary alicyclic amines) is 1. The molecule has 1 aromatic rings. The van der Waals surface area contributed by atoms with Crippen molar-refractivity contribution in [3.8, 4) is 0 Å². The highest BCUT2D eigenvalue weighted by Gasteiger charge is 2.41. The molecule has 1 fully saturated rings. The summed E-state index contributed by atoms with van der Waals surface area (Å²) in [6, 6.07) is -17.6. The first-order chi connectivity index (χ1) is 44.4. The van der Waals surface area contributed by atoms with Crippen molar-refractivity contribution in [1.29, 1.82) is 0 Å². The van der Waals surface area contributed by atoms with Crippen LogP contribution in [0.3, 0.4) is 0 Å². The maximum atomic E-state index is 14.5. The number of aromatic amines is 1. The Labute approximate surface area is 552 Å². The summed E-state index contributed by atoms with van der Waals surface area (Å²) in [5, 5.41) is 75.7. The molecule has 95 heavy (non-hydrogen) atoms. The zero-order valence-electron chi connectivity index (χ0n) is 56.1. The van der Waals surface area contributed by atoms with Gasteiger partial charge in [0.1, 0.15) is 66.5 Å². The van der Waals surface area contributed by atoms with Crippen LogP contribution in [-0.2, 0) is 68.7 Å². The lowest BCUT2D eigenvalue weighted by molar-refractivity contribution is -0.143. The molecule has 0 aromatic carbocycles. The number of carboxylic acids is 2. The van der Waals surface area contributed by atoms with Gasteiger partial charge in [0.05, 0.1) is 31.2 Å². The van der Waals surface area contributed by atoms with Crippen molar-refractivity contribution in [2.45, 2.75) is 232 Å². The van der Waals surface area contributed by atoms with E-state index in [-0.39, 0.29) is 94.6 Å². The highest BCUT2D eigenvalue weighted by molar-refractivity contribution is 5.99. The Hall–Kier alpha value is -8.57. The number of carboxylic acid groups (broad SMARTS) is 2. The van der Waals surface area contributed by atoms with Crippen LogP contribution in [0.1, 0.15) is 146 Å². The lowest BCUT2D eigenvalue weighted by atomic mass is 9.96. The largest absolute Gasteiger partial charge is 0.481 e. The molecule has 536 valence electrons. The summed E-state index contributed by atoms with van der Waals surface area (Å²) >= 11 is 0. The van der Waals surface area contributed by atoms with E-state index in [4.69, 9.17) is 22.3 Å². The lowest BCUT2D eigenvalue weighted by Gasteiger charge is -2.31. The average Bonchev–Trinajstić information content (AvgIpc) is 1.80. The molecule has 1 saturated heterocycles. The second-order valence-electron chi connectivity index (χ2n) is 25.3. The molecule has 15 atom stereocenters. The van der Waals surface area contributed by atoms with Crippen molar-refractivity contribution >= 4 is 82.9 Å². The fourth-order valence-corrected chi connectivity index (χ4v) is 10.1. The third-order valence-corrected chi connectivity index (χ3v) is 15.5. The van der Waals surface area contributed by atoms with Gasteiger partial charge in [-0.3, -0.25) is 62.5 Å². The molecule has 35 heteroatoms. The summed E-state index contributed by atoms with van der Waals surface area (Å²) in [4.78, 5) is 188. The van der Waals surface area contributed by atoms with Gasteiger partial charge < -0.3 is 106 Å². The summed E-state index contributed by atoms with van der Waals surface area (Å²) in [5.41, 5.74) is 17.4. The van der Waals surface area contributed by atoms with Crippen LogP contribution in [0, 0.1) is 23.7 Å². The maximum absolute atomic E-state index is 14.5. The summed E-state index contributed by atoms with van der Waals surface area (Å²) in [7, 11) is 0. The summed E-state index contributed by atoms with van der Waals surface area (Å²) in [6.07, 6.45) is -0.690. The lowest BCUT2D eigenvalue weighted by Crippen LogP contribution is -2.63. The van der Waals surface area contributed by atoms with Crippen molar-refractivity contribution in [3.63, 3.8) is 0 Å². The van der Waals surface area contributed by atoms with Gasteiger partial charge >= 0.3 is 11.9 Å². The number of imidazole rings is 1. The van der Waals surface area contributed by atoms with Crippen molar-refractivity contribution < 1.29 is 87.9 Å². The molecule has 1 aromatic heterocycles. The molecule has 0 radical (unpaired) electrons. The Morgan fingerprint density at radius 2 is 1.06 bits per heavy atom. The molecule has 0 spiro atoms. The Morgan fingerprint density at radius 3 is 1.56 bits per heavy atom. The molecule has 11 amide bonds. The van der Waals surface area contributed by atoms with Gasteiger partial charge in [-0.2, -0.15) is 0 Å². The van der Waals surface area contributed by atoms with E-state index in [9.17, 15) is 82.8 Å². The van der Waals surface area contributed by atoms with Crippen molar-refractivity contribution in [2.24, 2.45) is 45.9 Å². The van der Waals surface area contributed by atoms with Gasteiger partial charge in [-0.05, 0) is 95.8 Å². The van der Waals surface area contributed by atoms with Gasteiger partial charge in [-0.25, -0.2) is 9.78 Å². The van der Waals surface area contributed by atoms with Crippen LogP contribution in [0.15, 0.2) is 17.5 Å². The second kappa shape index (κ2) is 40.6. The summed E-state index contributed by atoms with van der Waals surface area (Å²) in [6.45, 7) is 16.3. The fraction of sp³-hybridized carbons (Fsp3) is 0.717. The minimum absolute atomic E-state index is 0.0175. The SMILES string of the molecule is CC[C@H](C)[C@H](NC(=O)[C@@H]1CCCN1C(=O)[C@@H](N)CCC(=O)O)C(=O)N[C@@H](Cc1cnc[nH]1)C(=O)N[C@@H](CCCN=C(N)N)C(=O)N[C@@H](CO)C(=O)N[C@H](C(=O)N[C@@H](CC(C)C)C(=O)N[C@H](C(=O)N[C@@H](C)C(=O)N[C@@H](CC(C)C)C(=O)N[C@@H](CC(C)C)C(=O)O)[C@@H](C)O)[C@@H](C)O. The summed E-state index contributed by atoms with van der Waals surface area (Å²) < 4.78 is 0. The number of hydrogen-bond donors (Lipinski definition) is 19. The third-order valence-electron chi connectivity index (χ3n) is 15.5. The quantitative estimate of drug-likeness (QED) is 0.0166. The number of aromatic nitrogens is 2. The number of aliphatic hydroxyl groups excluding tert-OH is 3. The molecule has 0 unspecified atom stereocenters. The topological polar surface area (TPSA) is 566 Å². The van der Waals surface area contributed by atoms with Crippen LogP contribution >= 0.6 is 0 Å². The number of nitrogens with zero attached hydrogens (tertiary/aromatic N) is 3. The number of carbonyl (C=O) groups is 13. The van der Waals surface area contributed by atoms with E-state index in [1.165, 1.54) is 24.3 Å². The van der Waals surface area contributed by atoms with Gasteiger partial charge in [0, 0.05) is 37.8 Å². The number of guanidine groups is 1. The molecule has 1 aliphatic rings. The molecular weight excluding hydrogens is 1250 g/mol. The number of H-pyrrole nitrogens is 1. The minimum Gasteiger partial charge on any atom is -0.481 e. The zero-order chi connectivity index (χ0) is 72.1. The van der Waals surface area contributed by atoms with E-state index in [1.54, 1.807) is 55.4 Å². The van der Waals surface area contributed by atoms with Gasteiger partial charge in [0.2, 0.25) is 65.0 Å². The molecule has 0 aliphatic carbocycles. The Bertz CT molecular complexity index is 2780. The van der Waals surface area contributed by atoms with Crippen molar-refractivity contribution in [3.05, 3.63) is 18.2 Å². The number of amides is 11. The molecular formula is C60H103N17O18. The average molecular weight is 1350 g/mol. The van der Waals surface area contributed by atoms with Crippen molar-refractivity contribution in [2.75, 3.05) is 19.7 Å². The maximum Gasteiger partial charge on any atom is 0.326 e. The third kappa shape index (κ3) is 28.5. The Balaban J connectivity index is 2.38. The molecule has 1 aliphatic heterocycles. The second-order valence-corrected chi connectivity index (χ2v) is 25.3. The predicted molar refractivity (Wildman–Crippen MR) is 343 cm³/mol. The highest BCUT2D eigenvalue weighted by Crippen LogP contribution is 2.21. The Kier molecular flexibility index (Phi) is 35.3. The molecule has 0 saturated carbocycles. The molecule has 22 N–H and O–H groups in total. The molecule has 2 rings (SSSR count). The van der Waals surface area contributed by atoms with E-state index in [1.807, 2.05) is 0 Å².